The molecule has 114 valence electrons. The number of rotatable bonds is 3. The lowest BCUT2D eigenvalue weighted by Crippen LogP contribution is -3.13. The van der Waals surface area contributed by atoms with Crippen LogP contribution in [0.2, 0.25) is 0 Å². The Morgan fingerprint density at radius 3 is 2.86 bits per heavy atom. The second-order valence-electron chi connectivity index (χ2n) is 5.88. The molecule has 3 rings (SSSR count). The molecule has 1 aromatic carbocycles. The number of piperazine rings is 1. The van der Waals surface area contributed by atoms with E-state index in [0.717, 1.165) is 56.6 Å². The van der Waals surface area contributed by atoms with E-state index in [4.69, 9.17) is 4.74 Å². The van der Waals surface area contributed by atoms with Gasteiger partial charge in [-0.15, -0.1) is 0 Å². The number of ether oxygens (including phenoxy) is 1. The maximum absolute atomic E-state index is 12.3. The van der Waals surface area contributed by atoms with Crippen molar-refractivity contribution in [3.05, 3.63) is 34.3 Å². The van der Waals surface area contributed by atoms with Crippen molar-refractivity contribution in [2.75, 3.05) is 32.8 Å². The zero-order valence-corrected chi connectivity index (χ0v) is 13.8. The van der Waals surface area contributed by atoms with Crippen molar-refractivity contribution in [3.63, 3.8) is 0 Å². The Bertz CT molecular complexity index is 495. The van der Waals surface area contributed by atoms with Crippen molar-refractivity contribution >= 4 is 21.8 Å². The van der Waals surface area contributed by atoms with Crippen molar-refractivity contribution < 1.29 is 14.4 Å². The first kappa shape index (κ1) is 15.0. The third-order valence-electron chi connectivity index (χ3n) is 4.33. The third-order valence-corrected chi connectivity index (χ3v) is 4.82. The normalized spacial score (nSPS) is 23.5. The monoisotopic (exact) mass is 353 g/mol. The molecule has 0 aromatic heterocycles. The van der Waals surface area contributed by atoms with Gasteiger partial charge >= 0.3 is 0 Å². The van der Waals surface area contributed by atoms with Gasteiger partial charge in [-0.1, -0.05) is 28.1 Å². The van der Waals surface area contributed by atoms with Crippen LogP contribution in [0, 0.1) is 0 Å². The number of nitrogens with zero attached hydrogens (tertiary/aromatic N) is 1. The van der Waals surface area contributed by atoms with E-state index < -0.39 is 0 Å². The molecule has 21 heavy (non-hydrogen) atoms. The van der Waals surface area contributed by atoms with Gasteiger partial charge in [0.15, 0.2) is 0 Å². The summed E-state index contributed by atoms with van der Waals surface area (Å²) < 4.78 is 6.63. The van der Waals surface area contributed by atoms with E-state index in [-0.39, 0.29) is 12.0 Å². The number of carbonyl (C=O) groups excluding carboxylic acids is 1. The number of halogens is 1. The molecule has 2 saturated heterocycles. The van der Waals surface area contributed by atoms with E-state index in [1.54, 1.807) is 4.90 Å². The number of quaternary nitrogens is 1. The van der Waals surface area contributed by atoms with Crippen molar-refractivity contribution in [3.8, 4) is 0 Å². The van der Waals surface area contributed by atoms with Crippen LogP contribution >= 0.6 is 15.9 Å². The van der Waals surface area contributed by atoms with Crippen LogP contribution < -0.4 is 4.90 Å². The van der Waals surface area contributed by atoms with Gasteiger partial charge < -0.3 is 14.5 Å². The highest BCUT2D eigenvalue weighted by Gasteiger charge is 2.31. The fraction of sp³-hybridized carbons (Fsp3) is 0.562. The highest BCUT2D eigenvalue weighted by molar-refractivity contribution is 9.10. The Hall–Kier alpha value is -0.910. The second kappa shape index (κ2) is 6.90. The van der Waals surface area contributed by atoms with E-state index in [1.807, 2.05) is 4.90 Å². The summed E-state index contributed by atoms with van der Waals surface area (Å²) in [5.74, 6) is 0.203. The fourth-order valence-corrected chi connectivity index (χ4v) is 3.58. The minimum Gasteiger partial charge on any atom is -0.368 e. The molecule has 2 fully saturated rings. The molecule has 0 bridgehead atoms. The molecule has 2 aliphatic rings. The predicted octanol–water partition coefficient (Wildman–Crippen LogP) is 0.855. The first-order valence-electron chi connectivity index (χ1n) is 7.71. The largest absolute Gasteiger partial charge is 0.368 e. The van der Waals surface area contributed by atoms with Gasteiger partial charge in [0.2, 0.25) is 0 Å². The summed E-state index contributed by atoms with van der Waals surface area (Å²) in [5, 5.41) is 0. The van der Waals surface area contributed by atoms with Crippen LogP contribution in [0.1, 0.15) is 18.4 Å². The number of carbonyl (C=O) groups is 1. The maximum atomic E-state index is 12.3. The Kier molecular flexibility index (Phi) is 4.93. The smallest absolute Gasteiger partial charge is 0.252 e. The van der Waals surface area contributed by atoms with Crippen LogP contribution in [0.25, 0.3) is 0 Å². The van der Waals surface area contributed by atoms with Gasteiger partial charge in [-0.2, -0.15) is 0 Å². The molecular weight excluding hydrogens is 332 g/mol. The lowest BCUT2D eigenvalue weighted by molar-refractivity contribution is -0.917. The highest BCUT2D eigenvalue weighted by Crippen LogP contribution is 2.15. The van der Waals surface area contributed by atoms with Crippen LogP contribution in [-0.2, 0) is 16.1 Å². The molecule has 1 atom stereocenters. The van der Waals surface area contributed by atoms with Crippen LogP contribution in [-0.4, -0.2) is 49.7 Å². The van der Waals surface area contributed by atoms with Crippen molar-refractivity contribution in [2.24, 2.45) is 0 Å². The molecule has 0 aliphatic carbocycles. The second-order valence-corrected chi connectivity index (χ2v) is 6.80. The van der Waals surface area contributed by atoms with Gasteiger partial charge in [-0.25, -0.2) is 0 Å². The summed E-state index contributed by atoms with van der Waals surface area (Å²) in [4.78, 5) is 15.8. The molecule has 2 aliphatic heterocycles. The fourth-order valence-electron chi connectivity index (χ4n) is 3.13. The van der Waals surface area contributed by atoms with E-state index in [0.29, 0.717) is 0 Å². The topological polar surface area (TPSA) is 34.0 Å². The van der Waals surface area contributed by atoms with E-state index in [9.17, 15) is 4.79 Å². The molecule has 0 radical (unpaired) electrons. The van der Waals surface area contributed by atoms with Gasteiger partial charge in [-0.3, -0.25) is 4.79 Å². The van der Waals surface area contributed by atoms with Crippen LogP contribution in [0.15, 0.2) is 28.7 Å². The summed E-state index contributed by atoms with van der Waals surface area (Å²) >= 11 is 3.52. The minimum absolute atomic E-state index is 0.170. The highest BCUT2D eigenvalue weighted by atomic mass is 79.9. The van der Waals surface area contributed by atoms with Crippen LogP contribution in [0.5, 0.6) is 0 Å². The first-order chi connectivity index (χ1) is 10.2. The van der Waals surface area contributed by atoms with Crippen molar-refractivity contribution in [1.82, 2.24) is 4.90 Å². The lowest BCUT2D eigenvalue weighted by atomic mass is 10.1. The number of hydrogen-bond donors (Lipinski definition) is 1. The minimum atomic E-state index is -0.170. The third kappa shape index (κ3) is 3.84. The average molecular weight is 354 g/mol. The number of hydrogen-bond acceptors (Lipinski definition) is 2. The van der Waals surface area contributed by atoms with E-state index in [2.05, 4.69) is 40.2 Å². The van der Waals surface area contributed by atoms with Gasteiger partial charge in [0.05, 0.1) is 26.2 Å². The summed E-state index contributed by atoms with van der Waals surface area (Å²) in [7, 11) is 0. The molecule has 1 aromatic rings. The summed E-state index contributed by atoms with van der Waals surface area (Å²) in [6.45, 7) is 5.51. The molecule has 5 heteroatoms. The molecule has 1 amide bonds. The zero-order chi connectivity index (χ0) is 14.7. The molecule has 0 unspecified atom stereocenters. The quantitative estimate of drug-likeness (QED) is 0.874. The van der Waals surface area contributed by atoms with E-state index in [1.165, 1.54) is 5.56 Å². The van der Waals surface area contributed by atoms with Crippen LogP contribution in [0.4, 0.5) is 0 Å². The predicted molar refractivity (Wildman–Crippen MR) is 84.1 cm³/mol. The zero-order valence-electron chi connectivity index (χ0n) is 12.2. The summed E-state index contributed by atoms with van der Waals surface area (Å²) in [6, 6.07) is 8.48. The summed E-state index contributed by atoms with van der Waals surface area (Å²) in [5.41, 5.74) is 1.35. The van der Waals surface area contributed by atoms with Gasteiger partial charge in [0.1, 0.15) is 12.6 Å². The Morgan fingerprint density at radius 1 is 1.38 bits per heavy atom. The number of nitrogens with one attached hydrogen (secondary N) is 1. The van der Waals surface area contributed by atoms with Gasteiger partial charge in [0, 0.05) is 16.6 Å². The Balaban J connectivity index is 1.49. The Labute approximate surface area is 134 Å². The van der Waals surface area contributed by atoms with Gasteiger partial charge in [0.25, 0.3) is 5.91 Å². The van der Waals surface area contributed by atoms with Crippen molar-refractivity contribution in [1.29, 1.82) is 0 Å². The molecule has 0 spiro atoms. The SMILES string of the molecule is O=C([C@@H]1CCCO1)N1CC[NH+](Cc2cccc(Br)c2)CC1. The summed E-state index contributed by atoms with van der Waals surface area (Å²) in [6.07, 6.45) is 1.74. The molecule has 2 heterocycles. The molecule has 1 N–H and O–H groups in total. The first-order valence-corrected chi connectivity index (χ1v) is 8.50. The molecule has 0 saturated carbocycles. The average Bonchev–Trinajstić information content (AvgIpc) is 3.01. The number of amides is 1. The van der Waals surface area contributed by atoms with E-state index >= 15 is 0 Å². The molecule has 4 nitrogen and oxygen atoms in total. The number of benzene rings is 1. The maximum Gasteiger partial charge on any atom is 0.252 e. The molecular formula is C16H22BrN2O2+. The Morgan fingerprint density at radius 2 is 2.19 bits per heavy atom. The van der Waals surface area contributed by atoms with Gasteiger partial charge in [-0.05, 0) is 25.0 Å². The standard InChI is InChI=1S/C16H21BrN2O2/c17-14-4-1-3-13(11-14)12-18-6-8-19(9-7-18)16(20)15-5-2-10-21-15/h1,3-4,11,15H,2,5-10,12H2/p+1/t15-/m0/s1. The van der Waals surface area contributed by atoms with Crippen LogP contribution in [0.3, 0.4) is 0 Å². The van der Waals surface area contributed by atoms with Crippen molar-refractivity contribution in [2.45, 2.75) is 25.5 Å². The lowest BCUT2D eigenvalue weighted by Gasteiger charge is -2.33.